The Kier molecular flexibility index (Phi) is 4.35. The smallest absolute Gasteiger partial charge is 0.206 e. The van der Waals surface area contributed by atoms with Gasteiger partial charge in [-0.2, -0.15) is 0 Å². The zero-order chi connectivity index (χ0) is 13.7. The van der Waals surface area contributed by atoms with E-state index in [4.69, 9.17) is 5.11 Å². The van der Waals surface area contributed by atoms with E-state index >= 15 is 0 Å². The molecule has 0 fully saturated rings. The minimum Gasteiger partial charge on any atom is -0.396 e. The van der Waals surface area contributed by atoms with E-state index in [0.29, 0.717) is 16.2 Å². The Morgan fingerprint density at radius 3 is 2.00 bits per heavy atom. The Labute approximate surface area is 113 Å². The van der Waals surface area contributed by atoms with Gasteiger partial charge >= 0.3 is 0 Å². The first-order chi connectivity index (χ1) is 9.14. The average Bonchev–Trinajstić information content (AvgIpc) is 2.46. The highest BCUT2D eigenvalue weighted by Gasteiger charge is 2.16. The van der Waals surface area contributed by atoms with Crippen molar-refractivity contribution in [1.29, 1.82) is 0 Å². The lowest BCUT2D eigenvalue weighted by molar-refractivity contribution is 0.288. The molecule has 4 heteroatoms. The monoisotopic (exact) mass is 276 g/mol. The maximum absolute atomic E-state index is 12.3. The van der Waals surface area contributed by atoms with Crippen LogP contribution in [0.15, 0.2) is 64.4 Å². The summed E-state index contributed by atoms with van der Waals surface area (Å²) in [6, 6.07) is 15.2. The third kappa shape index (κ3) is 3.22. The molecule has 0 saturated carbocycles. The van der Waals surface area contributed by atoms with Crippen LogP contribution in [0.5, 0.6) is 0 Å². The number of rotatable bonds is 5. The summed E-state index contributed by atoms with van der Waals surface area (Å²) in [6.45, 7) is 0.143. The first kappa shape index (κ1) is 13.8. The van der Waals surface area contributed by atoms with Gasteiger partial charge < -0.3 is 5.11 Å². The molecular formula is C15H16O3S. The Bertz CT molecular complexity index is 616. The van der Waals surface area contributed by atoms with Crippen molar-refractivity contribution in [3.05, 3.63) is 60.2 Å². The van der Waals surface area contributed by atoms with Gasteiger partial charge in [0.05, 0.1) is 9.79 Å². The summed E-state index contributed by atoms with van der Waals surface area (Å²) in [4.78, 5) is 0.601. The molecule has 0 spiro atoms. The summed E-state index contributed by atoms with van der Waals surface area (Å²) in [5.41, 5.74) is 1.03. The number of aryl methyl sites for hydroxylation is 1. The number of sulfone groups is 1. The molecule has 2 rings (SSSR count). The van der Waals surface area contributed by atoms with Gasteiger partial charge in [0.2, 0.25) is 9.84 Å². The normalized spacial score (nSPS) is 11.4. The standard InChI is InChI=1S/C15H16O3S/c16-12-4-5-13-8-10-15(11-9-13)19(17,18)14-6-2-1-3-7-14/h1-3,6-11,16H,4-5,12H2. The second-order valence-electron chi connectivity index (χ2n) is 4.29. The van der Waals surface area contributed by atoms with Crippen molar-refractivity contribution in [2.75, 3.05) is 6.61 Å². The van der Waals surface area contributed by atoms with E-state index in [2.05, 4.69) is 0 Å². The van der Waals surface area contributed by atoms with Crippen LogP contribution in [0.25, 0.3) is 0 Å². The highest BCUT2D eigenvalue weighted by Crippen LogP contribution is 2.20. The largest absolute Gasteiger partial charge is 0.396 e. The van der Waals surface area contributed by atoms with Gasteiger partial charge in [0.15, 0.2) is 0 Å². The molecule has 2 aromatic rings. The summed E-state index contributed by atoms with van der Waals surface area (Å²) in [5.74, 6) is 0. The SMILES string of the molecule is O=S(=O)(c1ccccc1)c1ccc(CCCO)cc1. The Balaban J connectivity index is 2.27. The summed E-state index contributed by atoms with van der Waals surface area (Å²) in [5, 5.41) is 8.76. The molecule has 0 radical (unpaired) electrons. The van der Waals surface area contributed by atoms with Crippen LogP contribution in [0.3, 0.4) is 0 Å². The lowest BCUT2D eigenvalue weighted by atomic mass is 10.1. The van der Waals surface area contributed by atoms with E-state index in [0.717, 1.165) is 12.0 Å². The first-order valence-corrected chi connectivity index (χ1v) is 7.63. The number of aliphatic hydroxyl groups is 1. The van der Waals surface area contributed by atoms with Gasteiger partial charge in [0.25, 0.3) is 0 Å². The van der Waals surface area contributed by atoms with Crippen molar-refractivity contribution in [2.45, 2.75) is 22.6 Å². The summed E-state index contributed by atoms with van der Waals surface area (Å²) >= 11 is 0. The minimum absolute atomic E-state index is 0.143. The predicted octanol–water partition coefficient (Wildman–Crippen LogP) is 2.44. The van der Waals surface area contributed by atoms with Gasteiger partial charge in [0, 0.05) is 6.61 Å². The Morgan fingerprint density at radius 2 is 1.42 bits per heavy atom. The maximum atomic E-state index is 12.3. The van der Waals surface area contributed by atoms with Gasteiger partial charge in [0.1, 0.15) is 0 Å². The molecule has 0 aromatic heterocycles. The van der Waals surface area contributed by atoms with E-state index in [9.17, 15) is 8.42 Å². The zero-order valence-electron chi connectivity index (χ0n) is 10.5. The zero-order valence-corrected chi connectivity index (χ0v) is 11.3. The second-order valence-corrected chi connectivity index (χ2v) is 6.24. The molecule has 3 nitrogen and oxygen atoms in total. The predicted molar refractivity (Wildman–Crippen MR) is 73.7 cm³/mol. The van der Waals surface area contributed by atoms with Gasteiger partial charge in [-0.05, 0) is 42.7 Å². The van der Waals surface area contributed by atoms with Crippen molar-refractivity contribution in [3.8, 4) is 0 Å². The molecule has 1 N–H and O–H groups in total. The topological polar surface area (TPSA) is 54.4 Å². The molecule has 0 saturated heterocycles. The fraction of sp³-hybridized carbons (Fsp3) is 0.200. The maximum Gasteiger partial charge on any atom is 0.206 e. The van der Waals surface area contributed by atoms with Crippen LogP contribution >= 0.6 is 0 Å². The van der Waals surface area contributed by atoms with Crippen LogP contribution in [-0.4, -0.2) is 20.1 Å². The molecule has 0 aliphatic rings. The Morgan fingerprint density at radius 1 is 0.842 bits per heavy atom. The van der Waals surface area contributed by atoms with Gasteiger partial charge in [-0.15, -0.1) is 0 Å². The molecule has 0 atom stereocenters. The molecule has 0 amide bonds. The fourth-order valence-electron chi connectivity index (χ4n) is 1.85. The fourth-order valence-corrected chi connectivity index (χ4v) is 3.14. The highest BCUT2D eigenvalue weighted by molar-refractivity contribution is 7.91. The third-order valence-electron chi connectivity index (χ3n) is 2.91. The molecule has 0 aliphatic carbocycles. The van der Waals surface area contributed by atoms with Crippen molar-refractivity contribution >= 4 is 9.84 Å². The number of hydrogen-bond donors (Lipinski definition) is 1. The van der Waals surface area contributed by atoms with Crippen molar-refractivity contribution in [2.24, 2.45) is 0 Å². The van der Waals surface area contributed by atoms with E-state index in [-0.39, 0.29) is 6.61 Å². The number of benzene rings is 2. The van der Waals surface area contributed by atoms with Crippen molar-refractivity contribution < 1.29 is 13.5 Å². The molecule has 0 aliphatic heterocycles. The summed E-state index contributed by atoms with van der Waals surface area (Å²) < 4.78 is 24.6. The van der Waals surface area contributed by atoms with Crippen LogP contribution in [-0.2, 0) is 16.3 Å². The molecular weight excluding hydrogens is 260 g/mol. The molecule has 2 aromatic carbocycles. The number of aliphatic hydroxyl groups excluding tert-OH is 1. The van der Waals surface area contributed by atoms with Crippen LogP contribution in [0, 0.1) is 0 Å². The van der Waals surface area contributed by atoms with Crippen molar-refractivity contribution in [1.82, 2.24) is 0 Å². The van der Waals surface area contributed by atoms with Gasteiger partial charge in [-0.3, -0.25) is 0 Å². The van der Waals surface area contributed by atoms with Gasteiger partial charge in [-0.25, -0.2) is 8.42 Å². The quantitative estimate of drug-likeness (QED) is 0.912. The summed E-state index contributed by atoms with van der Waals surface area (Å²) in [6.07, 6.45) is 1.44. The average molecular weight is 276 g/mol. The Hall–Kier alpha value is -1.65. The molecule has 19 heavy (non-hydrogen) atoms. The molecule has 0 heterocycles. The lowest BCUT2D eigenvalue weighted by Gasteiger charge is -2.05. The summed E-state index contributed by atoms with van der Waals surface area (Å²) in [7, 11) is -3.43. The van der Waals surface area contributed by atoms with E-state index in [1.165, 1.54) is 0 Å². The second kappa shape index (κ2) is 5.99. The molecule has 0 unspecified atom stereocenters. The minimum atomic E-state index is -3.43. The van der Waals surface area contributed by atoms with Crippen LogP contribution in [0.2, 0.25) is 0 Å². The van der Waals surface area contributed by atoms with Crippen LogP contribution in [0.1, 0.15) is 12.0 Å². The molecule has 0 bridgehead atoms. The van der Waals surface area contributed by atoms with Gasteiger partial charge in [-0.1, -0.05) is 30.3 Å². The van der Waals surface area contributed by atoms with Crippen LogP contribution < -0.4 is 0 Å². The van der Waals surface area contributed by atoms with E-state index in [1.54, 1.807) is 54.6 Å². The van der Waals surface area contributed by atoms with E-state index in [1.807, 2.05) is 0 Å². The lowest BCUT2D eigenvalue weighted by Crippen LogP contribution is -2.01. The third-order valence-corrected chi connectivity index (χ3v) is 4.70. The number of hydrogen-bond acceptors (Lipinski definition) is 3. The molecule has 100 valence electrons. The van der Waals surface area contributed by atoms with Crippen LogP contribution in [0.4, 0.5) is 0 Å². The highest BCUT2D eigenvalue weighted by atomic mass is 32.2. The van der Waals surface area contributed by atoms with Crippen molar-refractivity contribution in [3.63, 3.8) is 0 Å². The van der Waals surface area contributed by atoms with E-state index < -0.39 is 9.84 Å². The first-order valence-electron chi connectivity index (χ1n) is 6.14.